The van der Waals surface area contributed by atoms with Crippen molar-refractivity contribution in [3.8, 4) is 5.75 Å². The van der Waals surface area contributed by atoms with Gasteiger partial charge >= 0.3 is 0 Å². The third-order valence-electron chi connectivity index (χ3n) is 2.79. The maximum absolute atomic E-state index is 5.68. The Morgan fingerprint density at radius 1 is 1.26 bits per heavy atom. The number of para-hydroxylation sites is 1. The van der Waals surface area contributed by atoms with Crippen LogP contribution >= 0.6 is 0 Å². The third-order valence-corrected chi connectivity index (χ3v) is 2.79. The van der Waals surface area contributed by atoms with Gasteiger partial charge in [0, 0.05) is 19.3 Å². The van der Waals surface area contributed by atoms with Gasteiger partial charge in [0.05, 0.1) is 12.3 Å². The first kappa shape index (κ1) is 13.5. The fraction of sp³-hybridized carbons (Fsp3) is 0.400. The van der Waals surface area contributed by atoms with Crippen LogP contribution in [0.3, 0.4) is 0 Å². The van der Waals surface area contributed by atoms with Crippen molar-refractivity contribution in [1.29, 1.82) is 0 Å². The Kier molecular flexibility index (Phi) is 4.84. The number of hydrogen-bond acceptors (Lipinski definition) is 3. The molecule has 1 aromatic carbocycles. The number of hydrogen-bond donors (Lipinski definition) is 1. The SMILES string of the molecule is CCNc1nc(C)cn1CCCOc1ccccc1. The molecule has 0 radical (unpaired) electrons. The highest BCUT2D eigenvalue weighted by atomic mass is 16.5. The average molecular weight is 259 g/mol. The summed E-state index contributed by atoms with van der Waals surface area (Å²) >= 11 is 0. The largest absolute Gasteiger partial charge is 0.494 e. The smallest absolute Gasteiger partial charge is 0.203 e. The zero-order chi connectivity index (χ0) is 13.5. The van der Waals surface area contributed by atoms with Gasteiger partial charge in [-0.1, -0.05) is 18.2 Å². The summed E-state index contributed by atoms with van der Waals surface area (Å²) in [4.78, 5) is 4.45. The molecule has 0 unspecified atom stereocenters. The van der Waals surface area contributed by atoms with Crippen LogP contribution in [0.4, 0.5) is 5.95 Å². The molecule has 4 nitrogen and oxygen atoms in total. The maximum atomic E-state index is 5.68. The summed E-state index contributed by atoms with van der Waals surface area (Å²) in [5, 5.41) is 3.27. The minimum absolute atomic E-state index is 0.715. The summed E-state index contributed by atoms with van der Waals surface area (Å²) in [7, 11) is 0. The molecule has 0 atom stereocenters. The summed E-state index contributed by atoms with van der Waals surface area (Å²) in [5.41, 5.74) is 1.04. The van der Waals surface area contributed by atoms with Gasteiger partial charge in [-0.2, -0.15) is 0 Å². The fourth-order valence-electron chi connectivity index (χ4n) is 1.96. The number of aromatic nitrogens is 2. The van der Waals surface area contributed by atoms with Crippen molar-refractivity contribution in [2.24, 2.45) is 0 Å². The lowest BCUT2D eigenvalue weighted by molar-refractivity contribution is 0.302. The molecule has 0 spiro atoms. The van der Waals surface area contributed by atoms with E-state index >= 15 is 0 Å². The van der Waals surface area contributed by atoms with Crippen LogP contribution in [0.15, 0.2) is 36.5 Å². The first-order chi connectivity index (χ1) is 9.29. The Morgan fingerprint density at radius 3 is 2.79 bits per heavy atom. The second-order valence-electron chi connectivity index (χ2n) is 4.44. The van der Waals surface area contributed by atoms with E-state index in [-0.39, 0.29) is 0 Å². The number of ether oxygens (including phenoxy) is 1. The maximum Gasteiger partial charge on any atom is 0.203 e. The van der Waals surface area contributed by atoms with Crippen molar-refractivity contribution in [3.63, 3.8) is 0 Å². The van der Waals surface area contributed by atoms with Gasteiger partial charge in [-0.05, 0) is 32.4 Å². The molecule has 0 fully saturated rings. The van der Waals surface area contributed by atoms with E-state index in [1.807, 2.05) is 37.3 Å². The predicted octanol–water partition coefficient (Wildman–Crippen LogP) is 3.09. The van der Waals surface area contributed by atoms with E-state index in [1.54, 1.807) is 0 Å². The summed E-state index contributed by atoms with van der Waals surface area (Å²) in [5.74, 6) is 1.87. The monoisotopic (exact) mass is 259 g/mol. The Morgan fingerprint density at radius 2 is 2.05 bits per heavy atom. The highest BCUT2D eigenvalue weighted by Gasteiger charge is 2.03. The van der Waals surface area contributed by atoms with E-state index in [4.69, 9.17) is 4.74 Å². The normalized spacial score (nSPS) is 10.4. The molecular weight excluding hydrogens is 238 g/mol. The molecule has 1 heterocycles. The Bertz CT molecular complexity index is 493. The molecule has 4 heteroatoms. The van der Waals surface area contributed by atoms with Crippen LogP contribution in [0.5, 0.6) is 5.75 Å². The molecule has 0 aliphatic rings. The molecule has 0 bridgehead atoms. The minimum Gasteiger partial charge on any atom is -0.494 e. The fourth-order valence-corrected chi connectivity index (χ4v) is 1.96. The van der Waals surface area contributed by atoms with Crippen molar-refractivity contribution in [2.75, 3.05) is 18.5 Å². The van der Waals surface area contributed by atoms with Gasteiger partial charge in [0.25, 0.3) is 0 Å². The van der Waals surface area contributed by atoms with Gasteiger partial charge in [0.15, 0.2) is 0 Å². The average Bonchev–Trinajstić information content (AvgIpc) is 2.77. The van der Waals surface area contributed by atoms with Gasteiger partial charge in [0.2, 0.25) is 5.95 Å². The van der Waals surface area contributed by atoms with Gasteiger partial charge in [-0.15, -0.1) is 0 Å². The zero-order valence-electron chi connectivity index (χ0n) is 11.6. The quantitative estimate of drug-likeness (QED) is 0.777. The van der Waals surface area contributed by atoms with Crippen LogP contribution in [0.25, 0.3) is 0 Å². The number of rotatable bonds is 7. The van der Waals surface area contributed by atoms with E-state index in [0.717, 1.165) is 36.9 Å². The summed E-state index contributed by atoms with van der Waals surface area (Å²) in [6.07, 6.45) is 3.03. The number of imidazole rings is 1. The lowest BCUT2D eigenvalue weighted by Gasteiger charge is -2.09. The van der Waals surface area contributed by atoms with Crippen LogP contribution in [0.2, 0.25) is 0 Å². The van der Waals surface area contributed by atoms with Crippen LogP contribution in [0, 0.1) is 6.92 Å². The number of benzene rings is 1. The van der Waals surface area contributed by atoms with E-state index in [1.165, 1.54) is 0 Å². The molecule has 0 aliphatic carbocycles. The second-order valence-corrected chi connectivity index (χ2v) is 4.44. The second kappa shape index (κ2) is 6.83. The Hall–Kier alpha value is -1.97. The molecule has 0 amide bonds. The van der Waals surface area contributed by atoms with Gasteiger partial charge < -0.3 is 14.6 Å². The summed E-state index contributed by atoms with van der Waals surface area (Å²) in [6, 6.07) is 9.91. The first-order valence-electron chi connectivity index (χ1n) is 6.75. The van der Waals surface area contributed by atoms with E-state index in [9.17, 15) is 0 Å². The molecule has 0 aliphatic heterocycles. The van der Waals surface area contributed by atoms with Crippen molar-refractivity contribution in [3.05, 3.63) is 42.2 Å². The van der Waals surface area contributed by atoms with Crippen molar-refractivity contribution >= 4 is 5.95 Å². The van der Waals surface area contributed by atoms with Crippen molar-refractivity contribution in [1.82, 2.24) is 9.55 Å². The molecule has 1 N–H and O–H groups in total. The molecule has 102 valence electrons. The van der Waals surface area contributed by atoms with Gasteiger partial charge in [-0.25, -0.2) is 4.98 Å². The first-order valence-corrected chi connectivity index (χ1v) is 6.75. The van der Waals surface area contributed by atoms with Crippen LogP contribution < -0.4 is 10.1 Å². The summed E-state index contributed by atoms with van der Waals surface area (Å²) in [6.45, 7) is 6.60. The molecule has 0 saturated carbocycles. The Balaban J connectivity index is 1.79. The number of aryl methyl sites for hydroxylation is 2. The van der Waals surface area contributed by atoms with Crippen LogP contribution in [-0.2, 0) is 6.54 Å². The predicted molar refractivity (Wildman–Crippen MR) is 77.7 cm³/mol. The van der Waals surface area contributed by atoms with E-state index < -0.39 is 0 Å². The van der Waals surface area contributed by atoms with Gasteiger partial charge in [0.1, 0.15) is 5.75 Å². The van der Waals surface area contributed by atoms with Gasteiger partial charge in [-0.3, -0.25) is 0 Å². The molecule has 2 aromatic rings. The molecule has 1 aromatic heterocycles. The van der Waals surface area contributed by atoms with Crippen LogP contribution in [-0.4, -0.2) is 22.7 Å². The molecule has 19 heavy (non-hydrogen) atoms. The third kappa shape index (κ3) is 4.02. The lowest BCUT2D eigenvalue weighted by Crippen LogP contribution is -2.09. The van der Waals surface area contributed by atoms with Crippen molar-refractivity contribution in [2.45, 2.75) is 26.8 Å². The summed E-state index contributed by atoms with van der Waals surface area (Å²) < 4.78 is 7.83. The van der Waals surface area contributed by atoms with Crippen LogP contribution in [0.1, 0.15) is 19.0 Å². The minimum atomic E-state index is 0.715. The van der Waals surface area contributed by atoms with E-state index in [0.29, 0.717) is 6.61 Å². The highest BCUT2D eigenvalue weighted by molar-refractivity contribution is 5.28. The standard InChI is InChI=1S/C15H21N3O/c1-3-16-15-17-13(2)12-18(15)10-7-11-19-14-8-5-4-6-9-14/h4-6,8-9,12H,3,7,10-11H2,1-2H3,(H,16,17). The highest BCUT2D eigenvalue weighted by Crippen LogP contribution is 2.11. The lowest BCUT2D eigenvalue weighted by atomic mass is 10.3. The number of nitrogens with one attached hydrogen (secondary N) is 1. The van der Waals surface area contributed by atoms with Crippen molar-refractivity contribution < 1.29 is 4.74 Å². The molecule has 0 saturated heterocycles. The van der Waals surface area contributed by atoms with E-state index in [2.05, 4.69) is 28.0 Å². The number of nitrogens with zero attached hydrogens (tertiary/aromatic N) is 2. The number of anilines is 1. The Labute approximate surface area is 114 Å². The topological polar surface area (TPSA) is 39.1 Å². The molecular formula is C15H21N3O. The molecule has 2 rings (SSSR count). The zero-order valence-corrected chi connectivity index (χ0v) is 11.6.